The summed E-state index contributed by atoms with van der Waals surface area (Å²) in [6, 6.07) is 14.1. The molecule has 1 atom stereocenters. The van der Waals surface area contributed by atoms with Gasteiger partial charge in [-0.05, 0) is 24.3 Å². The number of carbonyl (C=O) groups is 2. The smallest absolute Gasteiger partial charge is 0.348 e. The summed E-state index contributed by atoms with van der Waals surface area (Å²) in [5.41, 5.74) is 0.585. The Kier molecular flexibility index (Phi) is 5.26. The number of amides is 1. The summed E-state index contributed by atoms with van der Waals surface area (Å²) in [5, 5.41) is 0. The lowest BCUT2D eigenvalue weighted by atomic mass is 10.2. The van der Waals surface area contributed by atoms with Crippen LogP contribution in [-0.2, 0) is 14.3 Å². The number of anilines is 1. The fourth-order valence-electron chi connectivity index (χ4n) is 2.68. The van der Waals surface area contributed by atoms with Crippen molar-refractivity contribution in [2.24, 2.45) is 0 Å². The first-order chi connectivity index (χ1) is 12.6. The molecule has 1 aliphatic heterocycles. The van der Waals surface area contributed by atoms with E-state index in [1.165, 1.54) is 19.1 Å². The number of rotatable bonds is 5. The molecule has 3 rings (SSSR count). The van der Waals surface area contributed by atoms with Gasteiger partial charge < -0.3 is 23.8 Å². The topological polar surface area (TPSA) is 74.3 Å². The third-order valence-corrected chi connectivity index (χ3v) is 3.96. The van der Waals surface area contributed by atoms with Gasteiger partial charge in [-0.2, -0.15) is 0 Å². The van der Waals surface area contributed by atoms with E-state index in [9.17, 15) is 9.59 Å². The third-order valence-electron chi connectivity index (χ3n) is 3.96. The van der Waals surface area contributed by atoms with E-state index in [0.29, 0.717) is 22.9 Å². The van der Waals surface area contributed by atoms with Crippen molar-refractivity contribution >= 4 is 17.6 Å². The van der Waals surface area contributed by atoms with E-state index in [2.05, 4.69) is 0 Å². The molecule has 0 aliphatic carbocycles. The summed E-state index contributed by atoms with van der Waals surface area (Å²) in [6.07, 6.45) is -0.884. The van der Waals surface area contributed by atoms with Crippen molar-refractivity contribution in [3.63, 3.8) is 0 Å². The van der Waals surface area contributed by atoms with Crippen LogP contribution in [0.1, 0.15) is 0 Å². The second kappa shape index (κ2) is 7.77. The van der Waals surface area contributed by atoms with Crippen LogP contribution in [0.25, 0.3) is 0 Å². The molecule has 0 spiro atoms. The van der Waals surface area contributed by atoms with Crippen LogP contribution < -0.4 is 19.1 Å². The van der Waals surface area contributed by atoms with E-state index >= 15 is 0 Å². The quantitative estimate of drug-likeness (QED) is 0.763. The van der Waals surface area contributed by atoms with Gasteiger partial charge in [-0.15, -0.1) is 0 Å². The SMILES string of the molecule is COC(=O)C1CN(C(=O)COc2ccccc2OC)c2ccccc2O1. The van der Waals surface area contributed by atoms with Crippen LogP contribution in [0.4, 0.5) is 5.69 Å². The van der Waals surface area contributed by atoms with Gasteiger partial charge in [0, 0.05) is 0 Å². The van der Waals surface area contributed by atoms with Gasteiger partial charge in [0.1, 0.15) is 5.75 Å². The van der Waals surface area contributed by atoms with E-state index in [-0.39, 0.29) is 19.1 Å². The molecular weight excluding hydrogens is 338 g/mol. The van der Waals surface area contributed by atoms with E-state index < -0.39 is 12.1 Å². The first kappa shape index (κ1) is 17.6. The van der Waals surface area contributed by atoms with E-state index in [1.807, 2.05) is 6.07 Å². The standard InChI is InChI=1S/C19H19NO6/c1-23-15-9-5-6-10-16(15)25-12-18(21)20-11-17(19(22)24-2)26-14-8-4-3-7-13(14)20/h3-10,17H,11-12H2,1-2H3. The van der Waals surface area contributed by atoms with Crippen LogP contribution >= 0.6 is 0 Å². The van der Waals surface area contributed by atoms with Crippen LogP contribution in [0.3, 0.4) is 0 Å². The number of methoxy groups -OCH3 is 2. The summed E-state index contributed by atoms with van der Waals surface area (Å²) >= 11 is 0. The summed E-state index contributed by atoms with van der Waals surface area (Å²) < 4.78 is 21.2. The monoisotopic (exact) mass is 357 g/mol. The van der Waals surface area contributed by atoms with Gasteiger partial charge in [-0.3, -0.25) is 4.79 Å². The molecule has 0 saturated carbocycles. The highest BCUT2D eigenvalue weighted by Gasteiger charge is 2.34. The highest BCUT2D eigenvalue weighted by atomic mass is 16.6. The van der Waals surface area contributed by atoms with Crippen LogP contribution in [0.15, 0.2) is 48.5 Å². The number of esters is 1. The molecule has 1 heterocycles. The normalized spacial score (nSPS) is 15.5. The van der Waals surface area contributed by atoms with E-state index in [0.717, 1.165) is 0 Å². The third kappa shape index (κ3) is 3.56. The van der Waals surface area contributed by atoms with Crippen molar-refractivity contribution in [3.05, 3.63) is 48.5 Å². The van der Waals surface area contributed by atoms with Crippen LogP contribution in [0, 0.1) is 0 Å². The van der Waals surface area contributed by atoms with Gasteiger partial charge in [0.2, 0.25) is 6.10 Å². The highest BCUT2D eigenvalue weighted by Crippen LogP contribution is 2.33. The molecule has 0 N–H and O–H groups in total. The Labute approximate surface area is 151 Å². The molecule has 0 fully saturated rings. The van der Waals surface area contributed by atoms with Gasteiger partial charge >= 0.3 is 5.97 Å². The molecule has 1 aliphatic rings. The van der Waals surface area contributed by atoms with Crippen molar-refractivity contribution in [2.75, 3.05) is 32.3 Å². The second-order valence-electron chi connectivity index (χ2n) is 5.54. The van der Waals surface area contributed by atoms with Gasteiger partial charge in [0.25, 0.3) is 5.91 Å². The largest absolute Gasteiger partial charge is 0.493 e. The lowest BCUT2D eigenvalue weighted by Crippen LogP contribution is -2.48. The summed E-state index contributed by atoms with van der Waals surface area (Å²) in [4.78, 5) is 26.1. The lowest BCUT2D eigenvalue weighted by molar-refractivity contribution is -0.148. The molecule has 2 aromatic rings. The first-order valence-electron chi connectivity index (χ1n) is 8.03. The number of nitrogens with zero attached hydrogens (tertiary/aromatic N) is 1. The number of hydrogen-bond donors (Lipinski definition) is 0. The molecule has 2 aromatic carbocycles. The van der Waals surface area contributed by atoms with Crippen molar-refractivity contribution in [1.29, 1.82) is 0 Å². The Morgan fingerprint density at radius 1 is 1.08 bits per heavy atom. The minimum absolute atomic E-state index is 0.0534. The fourth-order valence-corrected chi connectivity index (χ4v) is 2.68. The molecular formula is C19H19NO6. The molecule has 7 heteroatoms. The molecule has 7 nitrogen and oxygen atoms in total. The zero-order chi connectivity index (χ0) is 18.5. The number of para-hydroxylation sites is 4. The maximum Gasteiger partial charge on any atom is 0.348 e. The Morgan fingerprint density at radius 2 is 1.77 bits per heavy atom. The Morgan fingerprint density at radius 3 is 2.50 bits per heavy atom. The van der Waals surface area contributed by atoms with Gasteiger partial charge in [-0.1, -0.05) is 24.3 Å². The predicted octanol–water partition coefficient (Wildman–Crippen LogP) is 2.04. The molecule has 0 saturated heterocycles. The summed E-state index contributed by atoms with van der Waals surface area (Å²) in [6.45, 7) is -0.152. The lowest BCUT2D eigenvalue weighted by Gasteiger charge is -2.33. The number of benzene rings is 2. The zero-order valence-corrected chi connectivity index (χ0v) is 14.5. The summed E-state index contributed by atoms with van der Waals surface area (Å²) in [5.74, 6) is 0.604. The predicted molar refractivity (Wildman–Crippen MR) is 93.7 cm³/mol. The Bertz CT molecular complexity index is 806. The maximum absolute atomic E-state index is 12.7. The van der Waals surface area contributed by atoms with E-state index in [4.69, 9.17) is 18.9 Å². The average Bonchev–Trinajstić information content (AvgIpc) is 2.70. The molecule has 0 aromatic heterocycles. The minimum atomic E-state index is -0.884. The van der Waals surface area contributed by atoms with Crippen LogP contribution in [0.2, 0.25) is 0 Å². The maximum atomic E-state index is 12.7. The van der Waals surface area contributed by atoms with Crippen molar-refractivity contribution in [1.82, 2.24) is 0 Å². The van der Waals surface area contributed by atoms with Crippen LogP contribution in [-0.4, -0.2) is 45.4 Å². The first-order valence-corrected chi connectivity index (χ1v) is 8.03. The Balaban J connectivity index is 1.78. The molecule has 0 radical (unpaired) electrons. The average molecular weight is 357 g/mol. The Hall–Kier alpha value is -3.22. The van der Waals surface area contributed by atoms with Crippen molar-refractivity contribution in [3.8, 4) is 17.2 Å². The number of hydrogen-bond acceptors (Lipinski definition) is 6. The molecule has 1 amide bonds. The molecule has 136 valence electrons. The second-order valence-corrected chi connectivity index (χ2v) is 5.54. The molecule has 0 bridgehead atoms. The number of ether oxygens (including phenoxy) is 4. The van der Waals surface area contributed by atoms with Gasteiger partial charge in [-0.25, -0.2) is 4.79 Å². The van der Waals surface area contributed by atoms with Crippen molar-refractivity contribution < 1.29 is 28.5 Å². The van der Waals surface area contributed by atoms with E-state index in [1.54, 1.807) is 42.5 Å². The highest BCUT2D eigenvalue weighted by molar-refractivity contribution is 5.97. The number of fused-ring (bicyclic) bond motifs is 1. The molecule has 26 heavy (non-hydrogen) atoms. The fraction of sp³-hybridized carbons (Fsp3) is 0.263. The zero-order valence-electron chi connectivity index (χ0n) is 14.5. The molecule has 1 unspecified atom stereocenters. The minimum Gasteiger partial charge on any atom is -0.493 e. The van der Waals surface area contributed by atoms with Crippen LogP contribution in [0.5, 0.6) is 17.2 Å². The van der Waals surface area contributed by atoms with Gasteiger partial charge in [0.05, 0.1) is 26.5 Å². The van der Waals surface area contributed by atoms with Gasteiger partial charge in [0.15, 0.2) is 18.1 Å². The number of carbonyl (C=O) groups excluding carboxylic acids is 2. The van der Waals surface area contributed by atoms with Crippen molar-refractivity contribution in [2.45, 2.75) is 6.10 Å². The summed E-state index contributed by atoms with van der Waals surface area (Å²) in [7, 11) is 2.81.